The number of likely N-dealkylation sites (tertiary alicyclic amines) is 2. The van der Waals surface area contributed by atoms with Crippen LogP contribution in [0.1, 0.15) is 52.9 Å². The Morgan fingerprint density at radius 1 is 1.00 bits per heavy atom. The van der Waals surface area contributed by atoms with E-state index in [-0.39, 0.29) is 17.4 Å². The molecule has 126 valence electrons. The van der Waals surface area contributed by atoms with Gasteiger partial charge in [0.2, 0.25) is 11.8 Å². The van der Waals surface area contributed by atoms with Crippen LogP contribution in [0.5, 0.6) is 0 Å². The summed E-state index contributed by atoms with van der Waals surface area (Å²) >= 11 is 0. The summed E-state index contributed by atoms with van der Waals surface area (Å²) in [6.07, 6.45) is 5.33. The molecule has 0 unspecified atom stereocenters. The predicted molar refractivity (Wildman–Crippen MR) is 87.5 cm³/mol. The lowest BCUT2D eigenvalue weighted by molar-refractivity contribution is -0.138. The van der Waals surface area contributed by atoms with Gasteiger partial charge in [-0.25, -0.2) is 0 Å². The van der Waals surface area contributed by atoms with Crippen molar-refractivity contribution in [3.8, 4) is 0 Å². The monoisotopic (exact) mass is 309 g/mol. The van der Waals surface area contributed by atoms with Crippen molar-refractivity contribution in [1.82, 2.24) is 15.1 Å². The Labute approximate surface area is 134 Å². The molecule has 2 saturated heterocycles. The summed E-state index contributed by atoms with van der Waals surface area (Å²) in [6, 6.07) is 0. The number of amides is 2. The SMILES string of the molecule is CC(C)(C)NC(=O)CN1CCC(C(=O)N2CCCCC2)CC1. The number of carbonyl (C=O) groups excluding carboxylic acids is 2. The van der Waals surface area contributed by atoms with Crippen LogP contribution in [0.4, 0.5) is 0 Å². The van der Waals surface area contributed by atoms with Crippen molar-refractivity contribution in [2.45, 2.75) is 58.4 Å². The maximum atomic E-state index is 12.5. The number of nitrogens with zero attached hydrogens (tertiary/aromatic N) is 2. The third kappa shape index (κ3) is 5.27. The molecule has 5 nitrogen and oxygen atoms in total. The van der Waals surface area contributed by atoms with Crippen LogP contribution in [0.2, 0.25) is 0 Å². The van der Waals surface area contributed by atoms with Gasteiger partial charge in [-0.05, 0) is 66.0 Å². The van der Waals surface area contributed by atoms with E-state index in [4.69, 9.17) is 0 Å². The second-order valence-electron chi connectivity index (χ2n) is 7.73. The van der Waals surface area contributed by atoms with E-state index in [1.807, 2.05) is 20.8 Å². The summed E-state index contributed by atoms with van der Waals surface area (Å²) in [5.74, 6) is 0.590. The second-order valence-corrected chi connectivity index (χ2v) is 7.73. The van der Waals surface area contributed by atoms with Gasteiger partial charge in [0.05, 0.1) is 6.54 Å². The molecule has 0 bridgehead atoms. The van der Waals surface area contributed by atoms with Gasteiger partial charge in [0, 0.05) is 24.5 Å². The molecule has 1 N–H and O–H groups in total. The van der Waals surface area contributed by atoms with Gasteiger partial charge in [0.15, 0.2) is 0 Å². The fourth-order valence-electron chi connectivity index (χ4n) is 3.37. The van der Waals surface area contributed by atoms with Crippen molar-refractivity contribution in [3.63, 3.8) is 0 Å². The highest BCUT2D eigenvalue weighted by Crippen LogP contribution is 2.21. The zero-order valence-corrected chi connectivity index (χ0v) is 14.4. The maximum absolute atomic E-state index is 12.5. The van der Waals surface area contributed by atoms with Crippen LogP contribution in [0.3, 0.4) is 0 Å². The van der Waals surface area contributed by atoms with Gasteiger partial charge in [-0.15, -0.1) is 0 Å². The topological polar surface area (TPSA) is 52.7 Å². The van der Waals surface area contributed by atoms with Crippen molar-refractivity contribution in [3.05, 3.63) is 0 Å². The number of rotatable bonds is 3. The third-order valence-corrected chi connectivity index (χ3v) is 4.49. The standard InChI is InChI=1S/C17H31N3O2/c1-17(2,3)18-15(21)13-19-11-7-14(8-12-19)16(22)20-9-5-4-6-10-20/h14H,4-13H2,1-3H3,(H,18,21). The van der Waals surface area contributed by atoms with Crippen molar-refractivity contribution in [2.24, 2.45) is 5.92 Å². The molecular weight excluding hydrogens is 278 g/mol. The minimum Gasteiger partial charge on any atom is -0.350 e. The molecular formula is C17H31N3O2. The summed E-state index contributed by atoms with van der Waals surface area (Å²) in [5, 5.41) is 3.00. The van der Waals surface area contributed by atoms with Crippen molar-refractivity contribution in [1.29, 1.82) is 0 Å². The highest BCUT2D eigenvalue weighted by Gasteiger charge is 2.29. The van der Waals surface area contributed by atoms with Gasteiger partial charge in [-0.2, -0.15) is 0 Å². The summed E-state index contributed by atoms with van der Waals surface area (Å²) in [7, 11) is 0. The summed E-state index contributed by atoms with van der Waals surface area (Å²) in [5.41, 5.74) is -0.181. The Balaban J connectivity index is 1.73. The Hall–Kier alpha value is -1.10. The Morgan fingerprint density at radius 2 is 1.59 bits per heavy atom. The fourth-order valence-corrected chi connectivity index (χ4v) is 3.37. The molecule has 0 aromatic heterocycles. The van der Waals surface area contributed by atoms with Gasteiger partial charge in [0.1, 0.15) is 0 Å². The fraction of sp³-hybridized carbons (Fsp3) is 0.882. The van der Waals surface area contributed by atoms with Crippen LogP contribution in [0.25, 0.3) is 0 Å². The lowest BCUT2D eigenvalue weighted by Crippen LogP contribution is -2.49. The summed E-state index contributed by atoms with van der Waals surface area (Å²) < 4.78 is 0. The number of carbonyl (C=O) groups is 2. The van der Waals surface area contributed by atoms with E-state index < -0.39 is 0 Å². The molecule has 0 spiro atoms. The summed E-state index contributed by atoms with van der Waals surface area (Å²) in [6.45, 7) is 10.0. The van der Waals surface area contributed by atoms with Crippen molar-refractivity contribution >= 4 is 11.8 Å². The molecule has 0 radical (unpaired) electrons. The van der Waals surface area contributed by atoms with Gasteiger partial charge in [0.25, 0.3) is 0 Å². The van der Waals surface area contributed by atoms with Gasteiger partial charge >= 0.3 is 0 Å². The first-order chi connectivity index (χ1) is 10.3. The number of hydrogen-bond acceptors (Lipinski definition) is 3. The van der Waals surface area contributed by atoms with E-state index in [2.05, 4.69) is 15.1 Å². The number of nitrogens with one attached hydrogen (secondary N) is 1. The lowest BCUT2D eigenvalue weighted by atomic mass is 9.94. The molecule has 0 saturated carbocycles. The highest BCUT2D eigenvalue weighted by atomic mass is 16.2. The van der Waals surface area contributed by atoms with Crippen molar-refractivity contribution in [2.75, 3.05) is 32.7 Å². The molecule has 2 rings (SSSR count). The molecule has 2 aliphatic heterocycles. The lowest BCUT2D eigenvalue weighted by Gasteiger charge is -2.35. The van der Waals surface area contributed by atoms with Crippen LogP contribution in [-0.4, -0.2) is 59.9 Å². The molecule has 0 atom stereocenters. The number of hydrogen-bond donors (Lipinski definition) is 1. The van der Waals surface area contributed by atoms with Crippen LogP contribution < -0.4 is 5.32 Å². The van der Waals surface area contributed by atoms with E-state index in [1.54, 1.807) is 0 Å². The normalized spacial score (nSPS) is 21.7. The minimum atomic E-state index is -0.181. The zero-order chi connectivity index (χ0) is 16.2. The number of piperidine rings is 2. The molecule has 5 heteroatoms. The second kappa shape index (κ2) is 7.44. The average molecular weight is 309 g/mol. The molecule has 2 heterocycles. The zero-order valence-electron chi connectivity index (χ0n) is 14.4. The molecule has 0 aromatic rings. The van der Waals surface area contributed by atoms with Crippen LogP contribution in [0.15, 0.2) is 0 Å². The van der Waals surface area contributed by atoms with E-state index in [9.17, 15) is 9.59 Å². The molecule has 2 aliphatic rings. The Morgan fingerprint density at radius 3 is 2.14 bits per heavy atom. The highest BCUT2D eigenvalue weighted by molar-refractivity contribution is 5.80. The molecule has 2 fully saturated rings. The molecule has 22 heavy (non-hydrogen) atoms. The first-order valence-corrected chi connectivity index (χ1v) is 8.67. The van der Waals surface area contributed by atoms with Crippen LogP contribution in [-0.2, 0) is 9.59 Å². The van der Waals surface area contributed by atoms with Gasteiger partial charge < -0.3 is 10.2 Å². The predicted octanol–water partition coefficient (Wildman–Crippen LogP) is 1.63. The third-order valence-electron chi connectivity index (χ3n) is 4.49. The quantitative estimate of drug-likeness (QED) is 0.862. The van der Waals surface area contributed by atoms with Crippen molar-refractivity contribution < 1.29 is 9.59 Å². The Kier molecular flexibility index (Phi) is 5.84. The summed E-state index contributed by atoms with van der Waals surface area (Å²) in [4.78, 5) is 28.7. The Bertz CT molecular complexity index is 389. The molecule has 2 amide bonds. The molecule has 0 aromatic carbocycles. The smallest absolute Gasteiger partial charge is 0.234 e. The maximum Gasteiger partial charge on any atom is 0.234 e. The largest absolute Gasteiger partial charge is 0.350 e. The van der Waals surface area contributed by atoms with Crippen LogP contribution >= 0.6 is 0 Å². The first-order valence-electron chi connectivity index (χ1n) is 8.67. The van der Waals surface area contributed by atoms with Gasteiger partial charge in [-0.1, -0.05) is 0 Å². The molecule has 0 aliphatic carbocycles. The first kappa shape index (κ1) is 17.3. The van der Waals surface area contributed by atoms with E-state index in [1.165, 1.54) is 6.42 Å². The average Bonchev–Trinajstić information content (AvgIpc) is 2.46. The minimum absolute atomic E-state index is 0.0771. The van der Waals surface area contributed by atoms with Crippen LogP contribution in [0, 0.1) is 5.92 Å². The van der Waals surface area contributed by atoms with E-state index in [0.717, 1.165) is 51.9 Å². The van der Waals surface area contributed by atoms with E-state index in [0.29, 0.717) is 12.5 Å². The van der Waals surface area contributed by atoms with Gasteiger partial charge in [-0.3, -0.25) is 14.5 Å². The van der Waals surface area contributed by atoms with E-state index >= 15 is 0 Å².